The molecule has 10 rings (SSSR count). The predicted octanol–water partition coefficient (Wildman–Crippen LogP) is 13.4. The Hall–Kier alpha value is -5.25. The molecule has 2 aliphatic carbocycles. The molecule has 4 aliphatic rings. The number of hydrogen-bond donors (Lipinski definition) is 1. The molecule has 0 fully saturated rings. The van der Waals surface area contributed by atoms with Crippen molar-refractivity contribution in [2.45, 2.75) is 55.2 Å². The number of benzene rings is 6. The number of nitrogens with zero attached hydrogens (tertiary/aromatic N) is 1. The van der Waals surface area contributed by atoms with Crippen LogP contribution in [0.1, 0.15) is 72.7 Å². The summed E-state index contributed by atoms with van der Waals surface area (Å²) in [5, 5.41) is 3.94. The molecule has 0 spiro atoms. The third kappa shape index (κ3) is 5.01. The Morgan fingerprint density at radius 2 is 1.37 bits per heavy atom. The van der Waals surface area contributed by atoms with Gasteiger partial charge in [0.1, 0.15) is 5.37 Å². The van der Waals surface area contributed by atoms with E-state index in [1.165, 1.54) is 77.7 Å². The second-order valence-corrected chi connectivity index (χ2v) is 15.3. The molecule has 51 heavy (non-hydrogen) atoms. The summed E-state index contributed by atoms with van der Waals surface area (Å²) < 4.78 is 0. The zero-order valence-corrected chi connectivity index (χ0v) is 30.4. The Balaban J connectivity index is 0.00000171. The van der Waals surface area contributed by atoms with Crippen LogP contribution in [-0.4, -0.2) is 0 Å². The Morgan fingerprint density at radius 3 is 2.20 bits per heavy atom. The summed E-state index contributed by atoms with van der Waals surface area (Å²) in [6.07, 6.45) is 7.00. The second-order valence-electron chi connectivity index (χ2n) is 14.1. The van der Waals surface area contributed by atoms with Gasteiger partial charge in [-0.3, -0.25) is 0 Å². The summed E-state index contributed by atoms with van der Waals surface area (Å²) >= 11 is 1.90. The van der Waals surface area contributed by atoms with Crippen molar-refractivity contribution in [1.82, 2.24) is 0 Å². The van der Waals surface area contributed by atoms with Crippen molar-refractivity contribution < 1.29 is 0 Å². The maximum absolute atomic E-state index is 3.71. The number of fused-ring (bicyclic) bond motifs is 7. The molecule has 2 nitrogen and oxygen atoms in total. The first-order chi connectivity index (χ1) is 25.1. The predicted molar refractivity (Wildman–Crippen MR) is 217 cm³/mol. The van der Waals surface area contributed by atoms with Gasteiger partial charge in [0, 0.05) is 44.9 Å². The summed E-state index contributed by atoms with van der Waals surface area (Å²) in [6.45, 7) is 8.73. The molecule has 0 bridgehead atoms. The van der Waals surface area contributed by atoms with Gasteiger partial charge in [-0.25, -0.2) is 0 Å². The van der Waals surface area contributed by atoms with Gasteiger partial charge < -0.3 is 10.2 Å². The van der Waals surface area contributed by atoms with E-state index in [9.17, 15) is 0 Å². The highest BCUT2D eigenvalue weighted by molar-refractivity contribution is 8.00. The third-order valence-electron chi connectivity index (χ3n) is 11.1. The van der Waals surface area contributed by atoms with Crippen LogP contribution in [0, 0.1) is 0 Å². The molecule has 2 heterocycles. The van der Waals surface area contributed by atoms with E-state index in [-0.39, 0.29) is 22.6 Å². The topological polar surface area (TPSA) is 15.3 Å². The Labute approximate surface area is 306 Å². The molecule has 6 aromatic rings. The van der Waals surface area contributed by atoms with Crippen LogP contribution in [0.15, 0.2) is 168 Å². The van der Waals surface area contributed by atoms with Crippen molar-refractivity contribution in [2.75, 3.05) is 10.2 Å². The first-order valence-electron chi connectivity index (χ1n) is 18.3. The molecule has 2 aliphatic heterocycles. The lowest BCUT2D eigenvalue weighted by Gasteiger charge is -2.29. The lowest BCUT2D eigenvalue weighted by atomic mass is 9.77. The summed E-state index contributed by atoms with van der Waals surface area (Å²) in [6, 6.07) is 51.9. The number of anilines is 3. The number of hydrogen-bond acceptors (Lipinski definition) is 3. The van der Waals surface area contributed by atoms with Gasteiger partial charge >= 0.3 is 0 Å². The van der Waals surface area contributed by atoms with Crippen molar-refractivity contribution in [2.24, 2.45) is 0 Å². The van der Waals surface area contributed by atoms with E-state index in [1.807, 2.05) is 25.6 Å². The molecule has 3 heteroatoms. The highest BCUT2D eigenvalue weighted by Crippen LogP contribution is 2.57. The highest BCUT2D eigenvalue weighted by Gasteiger charge is 2.41. The lowest BCUT2D eigenvalue weighted by Crippen LogP contribution is -2.18. The summed E-state index contributed by atoms with van der Waals surface area (Å²) in [5.74, 6) is 0.425. The van der Waals surface area contributed by atoms with Gasteiger partial charge in [-0.15, -0.1) is 0 Å². The number of allylic oxidation sites excluding steroid dienone is 4. The molecule has 6 aromatic carbocycles. The lowest BCUT2D eigenvalue weighted by molar-refractivity contribution is 0.660. The van der Waals surface area contributed by atoms with Gasteiger partial charge in [0.25, 0.3) is 0 Å². The fourth-order valence-corrected chi connectivity index (χ4v) is 9.89. The van der Waals surface area contributed by atoms with Crippen molar-refractivity contribution in [3.63, 3.8) is 0 Å². The van der Waals surface area contributed by atoms with E-state index < -0.39 is 0 Å². The first-order valence-corrected chi connectivity index (χ1v) is 19.2. The molecular weight excluding hydrogens is 637 g/mol. The van der Waals surface area contributed by atoms with Gasteiger partial charge in [-0.1, -0.05) is 155 Å². The van der Waals surface area contributed by atoms with Crippen molar-refractivity contribution in [3.8, 4) is 22.3 Å². The smallest absolute Gasteiger partial charge is 0.103 e. The zero-order valence-electron chi connectivity index (χ0n) is 29.6. The van der Waals surface area contributed by atoms with Gasteiger partial charge in [0.2, 0.25) is 0 Å². The van der Waals surface area contributed by atoms with E-state index in [0.29, 0.717) is 0 Å². The standard InChI is InChI=1S/C46H36N2S.C2H6/c1-46(2)37-17-7-6-14-35(37)43-34(15-10-18-38(43)46)31-26-27-40-36(28-31)44-33(16-11-20-41(44)48(40)32-12-4-3-5-13-32)29-22-24-30(25-23-29)45-47-39-19-8-9-21-42(39)49-45;1-2/h3-28,33,44-45,47H,1-2H3;1-2H3. The minimum Gasteiger partial charge on any atom is -0.368 e. The van der Waals surface area contributed by atoms with Gasteiger partial charge in [0.05, 0.1) is 0 Å². The van der Waals surface area contributed by atoms with Crippen LogP contribution in [0.25, 0.3) is 22.3 Å². The molecule has 250 valence electrons. The van der Waals surface area contributed by atoms with Crippen LogP contribution in [0.3, 0.4) is 0 Å². The van der Waals surface area contributed by atoms with Crippen LogP contribution >= 0.6 is 11.8 Å². The van der Waals surface area contributed by atoms with Crippen LogP contribution in [0.4, 0.5) is 17.1 Å². The van der Waals surface area contributed by atoms with Gasteiger partial charge in [-0.2, -0.15) is 0 Å². The third-order valence-corrected chi connectivity index (χ3v) is 12.3. The van der Waals surface area contributed by atoms with E-state index in [0.717, 1.165) is 0 Å². The molecule has 1 N–H and O–H groups in total. The largest absolute Gasteiger partial charge is 0.368 e. The Kier molecular flexibility index (Phi) is 7.78. The number of thioether (sulfide) groups is 1. The summed E-state index contributed by atoms with van der Waals surface area (Å²) in [7, 11) is 0. The Bertz CT molecular complexity index is 2310. The minimum absolute atomic E-state index is 0.0284. The monoisotopic (exact) mass is 678 g/mol. The molecule has 3 atom stereocenters. The Morgan fingerprint density at radius 1 is 0.667 bits per heavy atom. The SMILES string of the molecule is CC.CC1(C)c2ccccc2-c2c(-c3ccc4c(c3)C3C(=CC=CC3c3ccc(C5Nc6ccccc6S5)cc3)N4c3ccccc3)cccc21. The molecular formula is C48H42N2S. The molecule has 0 saturated carbocycles. The summed E-state index contributed by atoms with van der Waals surface area (Å²) in [4.78, 5) is 3.80. The van der Waals surface area contributed by atoms with Crippen LogP contribution in [0.5, 0.6) is 0 Å². The van der Waals surface area contributed by atoms with E-state index in [1.54, 1.807) is 0 Å². The van der Waals surface area contributed by atoms with Crippen LogP contribution < -0.4 is 10.2 Å². The van der Waals surface area contributed by atoms with Gasteiger partial charge in [-0.05, 0) is 92.5 Å². The molecule has 0 radical (unpaired) electrons. The molecule has 0 amide bonds. The number of nitrogens with one attached hydrogen (secondary N) is 1. The average Bonchev–Trinajstić information content (AvgIpc) is 3.85. The second kappa shape index (κ2) is 12.5. The van der Waals surface area contributed by atoms with E-state index >= 15 is 0 Å². The molecule has 0 aromatic heterocycles. The van der Waals surface area contributed by atoms with Crippen LogP contribution in [0.2, 0.25) is 0 Å². The quantitative estimate of drug-likeness (QED) is 0.200. The normalized spacial score (nSPS) is 19.8. The maximum atomic E-state index is 3.71. The fraction of sp³-hybridized carbons (Fsp3) is 0.167. The van der Waals surface area contributed by atoms with E-state index in [2.05, 4.69) is 182 Å². The van der Waals surface area contributed by atoms with Crippen molar-refractivity contribution in [3.05, 3.63) is 191 Å². The number of para-hydroxylation sites is 2. The zero-order chi connectivity index (χ0) is 34.7. The number of rotatable bonds is 4. The molecule has 3 unspecified atom stereocenters. The summed E-state index contributed by atoms with van der Waals surface area (Å²) in [5.41, 5.74) is 17.2. The maximum Gasteiger partial charge on any atom is 0.103 e. The van der Waals surface area contributed by atoms with Crippen molar-refractivity contribution >= 4 is 28.8 Å². The highest BCUT2D eigenvalue weighted by atomic mass is 32.2. The van der Waals surface area contributed by atoms with Gasteiger partial charge in [0.15, 0.2) is 0 Å². The van der Waals surface area contributed by atoms with Crippen LogP contribution in [-0.2, 0) is 5.41 Å². The minimum atomic E-state index is -0.0284. The average molecular weight is 679 g/mol. The first kappa shape index (κ1) is 31.7. The fourth-order valence-electron chi connectivity index (χ4n) is 8.75. The molecule has 0 saturated heterocycles. The van der Waals surface area contributed by atoms with E-state index in [4.69, 9.17) is 0 Å². The van der Waals surface area contributed by atoms with Crippen molar-refractivity contribution in [1.29, 1.82) is 0 Å².